The van der Waals surface area contributed by atoms with E-state index in [-0.39, 0.29) is 25.6 Å². The summed E-state index contributed by atoms with van der Waals surface area (Å²) in [4.78, 5) is 3.26. The zero-order chi connectivity index (χ0) is 20.8. The fourth-order valence-electron chi connectivity index (χ4n) is 3.68. The second-order valence-corrected chi connectivity index (χ2v) is 9.35. The number of aliphatic hydroxyl groups is 1. The lowest BCUT2D eigenvalue weighted by Gasteiger charge is -2.31. The molecule has 1 aliphatic rings. The number of anilines is 1. The minimum atomic E-state index is -3.88. The third-order valence-electron chi connectivity index (χ3n) is 5.01. The number of methoxy groups -OCH3 is 1. The number of aliphatic hydroxyl groups excluding tert-OH is 1. The summed E-state index contributed by atoms with van der Waals surface area (Å²) in [6, 6.07) is 10.1. The van der Waals surface area contributed by atoms with Crippen molar-refractivity contribution in [3.8, 4) is 5.75 Å². The Morgan fingerprint density at radius 2 is 2.07 bits per heavy atom. The quantitative estimate of drug-likeness (QED) is 0.545. The van der Waals surface area contributed by atoms with E-state index < -0.39 is 10.2 Å². The van der Waals surface area contributed by atoms with E-state index in [9.17, 15) is 13.5 Å². The highest BCUT2D eigenvalue weighted by Gasteiger charge is 2.34. The number of H-pyrrole nitrogens is 1. The highest BCUT2D eigenvalue weighted by Crippen LogP contribution is 2.37. The summed E-state index contributed by atoms with van der Waals surface area (Å²) >= 11 is 12.1. The molecule has 0 bridgehead atoms. The van der Waals surface area contributed by atoms with Gasteiger partial charge in [-0.3, -0.25) is 4.72 Å². The monoisotopic (exact) mass is 455 g/mol. The first-order valence-electron chi connectivity index (χ1n) is 8.84. The van der Waals surface area contributed by atoms with Gasteiger partial charge in [-0.1, -0.05) is 23.2 Å². The number of hydrogen-bond acceptors (Lipinski definition) is 4. The molecule has 4 rings (SSSR count). The number of nitrogens with one attached hydrogen (secondary N) is 2. The summed E-state index contributed by atoms with van der Waals surface area (Å²) in [5.41, 5.74) is 2.84. The lowest BCUT2D eigenvalue weighted by atomic mass is 9.94. The number of hydrogen-bond donors (Lipinski definition) is 3. The molecule has 0 fully saturated rings. The van der Waals surface area contributed by atoms with Gasteiger partial charge >= 0.3 is 10.2 Å². The van der Waals surface area contributed by atoms with Crippen LogP contribution in [0.15, 0.2) is 36.4 Å². The Kier molecular flexibility index (Phi) is 5.39. The molecule has 10 heteroatoms. The lowest BCUT2D eigenvalue weighted by Crippen LogP contribution is -2.42. The third-order valence-corrected chi connectivity index (χ3v) is 7.01. The second-order valence-electron chi connectivity index (χ2n) is 6.84. The molecule has 0 aliphatic carbocycles. The Morgan fingerprint density at radius 1 is 1.28 bits per heavy atom. The molecule has 7 nitrogen and oxygen atoms in total. The van der Waals surface area contributed by atoms with Crippen LogP contribution in [-0.2, 0) is 16.8 Å². The number of rotatable bonds is 5. The van der Waals surface area contributed by atoms with Gasteiger partial charge in [-0.2, -0.15) is 12.7 Å². The topological polar surface area (TPSA) is 94.7 Å². The summed E-state index contributed by atoms with van der Waals surface area (Å²) in [7, 11) is -2.42. The molecule has 1 aliphatic heterocycles. The maximum atomic E-state index is 13.0. The predicted molar refractivity (Wildman–Crippen MR) is 114 cm³/mol. The third kappa shape index (κ3) is 3.78. The summed E-state index contributed by atoms with van der Waals surface area (Å²) in [5, 5.41) is 11.8. The van der Waals surface area contributed by atoms with Gasteiger partial charge in [0.25, 0.3) is 0 Å². The van der Waals surface area contributed by atoms with E-state index in [2.05, 4.69) is 9.71 Å². The fourth-order valence-corrected chi connectivity index (χ4v) is 5.27. The molecule has 1 unspecified atom stereocenters. The van der Waals surface area contributed by atoms with Crippen molar-refractivity contribution in [2.24, 2.45) is 0 Å². The zero-order valence-electron chi connectivity index (χ0n) is 15.4. The Bertz CT molecular complexity index is 1180. The zero-order valence-corrected chi connectivity index (χ0v) is 17.8. The van der Waals surface area contributed by atoms with E-state index in [4.69, 9.17) is 27.9 Å². The van der Waals surface area contributed by atoms with E-state index in [0.717, 1.165) is 22.2 Å². The number of aromatic amines is 1. The normalized spacial score (nSPS) is 17.3. The number of aromatic nitrogens is 1. The molecular formula is C19H19Cl2N3O4S. The van der Waals surface area contributed by atoms with Gasteiger partial charge in [-0.05, 0) is 35.9 Å². The van der Waals surface area contributed by atoms with E-state index >= 15 is 0 Å². The summed E-state index contributed by atoms with van der Waals surface area (Å²) in [5.74, 6) is -0.00387. The summed E-state index contributed by atoms with van der Waals surface area (Å²) < 4.78 is 35.0. The minimum Gasteiger partial charge on any atom is -0.495 e. The predicted octanol–water partition coefficient (Wildman–Crippen LogP) is 3.73. The van der Waals surface area contributed by atoms with Crippen LogP contribution in [0.4, 0.5) is 5.69 Å². The molecule has 3 aromatic rings. The second kappa shape index (κ2) is 7.70. The maximum absolute atomic E-state index is 13.0. The fraction of sp³-hybridized carbons (Fsp3) is 0.263. The molecule has 154 valence electrons. The van der Waals surface area contributed by atoms with Gasteiger partial charge in [0.2, 0.25) is 0 Å². The Labute approximate surface area is 178 Å². The van der Waals surface area contributed by atoms with Gasteiger partial charge in [-0.15, -0.1) is 0 Å². The van der Waals surface area contributed by atoms with Gasteiger partial charge in [0.1, 0.15) is 5.75 Å². The molecule has 2 aromatic carbocycles. The van der Waals surface area contributed by atoms with Crippen LogP contribution >= 0.6 is 23.2 Å². The van der Waals surface area contributed by atoms with Gasteiger partial charge in [-0.25, -0.2) is 0 Å². The van der Waals surface area contributed by atoms with Gasteiger partial charge in [0.15, 0.2) is 0 Å². The number of halogens is 2. The number of benzene rings is 2. The molecule has 0 saturated heterocycles. The van der Waals surface area contributed by atoms with Crippen molar-refractivity contribution in [2.75, 3.05) is 25.0 Å². The van der Waals surface area contributed by atoms with Crippen LogP contribution in [0.5, 0.6) is 5.75 Å². The van der Waals surface area contributed by atoms with Crippen molar-refractivity contribution in [1.29, 1.82) is 0 Å². The highest BCUT2D eigenvalue weighted by atomic mass is 35.5. The standard InChI is InChI=1S/C19H19Cl2N3O4S/c1-28-18-7-13(3-4-15(18)21)23-29(26,27)24-8-11(10-25)19-14-6-12(20)2-5-16(14)22-17(19)9-24/h2-7,11,22-23,25H,8-10H2,1H3. The van der Waals surface area contributed by atoms with Crippen LogP contribution in [0.2, 0.25) is 10.0 Å². The van der Waals surface area contributed by atoms with E-state index in [1.54, 1.807) is 18.2 Å². The smallest absolute Gasteiger partial charge is 0.302 e. The Balaban J connectivity index is 1.67. The number of nitrogens with zero attached hydrogens (tertiary/aromatic N) is 1. The van der Waals surface area contributed by atoms with Crippen LogP contribution < -0.4 is 9.46 Å². The maximum Gasteiger partial charge on any atom is 0.302 e. The van der Waals surface area contributed by atoms with E-state index in [0.29, 0.717) is 21.5 Å². The van der Waals surface area contributed by atoms with Gasteiger partial charge in [0, 0.05) is 40.1 Å². The first-order valence-corrected chi connectivity index (χ1v) is 11.0. The minimum absolute atomic E-state index is 0.142. The molecule has 0 amide bonds. The first-order chi connectivity index (χ1) is 13.8. The number of ether oxygens (including phenoxy) is 1. The molecule has 0 saturated carbocycles. The molecule has 1 aromatic heterocycles. The average Bonchev–Trinajstić information content (AvgIpc) is 3.06. The summed E-state index contributed by atoms with van der Waals surface area (Å²) in [6.45, 7) is 0.106. The van der Waals surface area contributed by atoms with E-state index in [1.807, 2.05) is 12.1 Å². The van der Waals surface area contributed by atoms with Crippen LogP contribution in [0.1, 0.15) is 17.2 Å². The number of fused-ring (bicyclic) bond motifs is 3. The first kappa shape index (κ1) is 20.3. The molecule has 1 atom stereocenters. The molecule has 29 heavy (non-hydrogen) atoms. The molecule has 2 heterocycles. The van der Waals surface area contributed by atoms with Crippen molar-refractivity contribution >= 4 is 50.0 Å². The van der Waals surface area contributed by atoms with Crippen molar-refractivity contribution in [3.05, 3.63) is 57.7 Å². The van der Waals surface area contributed by atoms with Crippen molar-refractivity contribution < 1.29 is 18.3 Å². The Hall–Kier alpha value is -1.97. The highest BCUT2D eigenvalue weighted by molar-refractivity contribution is 7.90. The molecular weight excluding hydrogens is 437 g/mol. The van der Waals surface area contributed by atoms with Crippen LogP contribution in [0.3, 0.4) is 0 Å². The van der Waals surface area contributed by atoms with Crippen LogP contribution in [0.25, 0.3) is 10.9 Å². The van der Waals surface area contributed by atoms with Crippen LogP contribution in [0, 0.1) is 0 Å². The average molecular weight is 456 g/mol. The van der Waals surface area contributed by atoms with Crippen molar-refractivity contribution in [1.82, 2.24) is 9.29 Å². The van der Waals surface area contributed by atoms with Gasteiger partial charge in [0.05, 0.1) is 31.0 Å². The summed E-state index contributed by atoms with van der Waals surface area (Å²) in [6.07, 6.45) is 0. The van der Waals surface area contributed by atoms with E-state index in [1.165, 1.54) is 17.5 Å². The van der Waals surface area contributed by atoms with Gasteiger partial charge < -0.3 is 14.8 Å². The Morgan fingerprint density at radius 3 is 2.79 bits per heavy atom. The largest absolute Gasteiger partial charge is 0.495 e. The molecule has 0 spiro atoms. The molecule has 3 N–H and O–H groups in total. The molecule has 0 radical (unpaired) electrons. The van der Waals surface area contributed by atoms with Crippen molar-refractivity contribution in [2.45, 2.75) is 12.5 Å². The lowest BCUT2D eigenvalue weighted by molar-refractivity contribution is 0.230. The van der Waals surface area contributed by atoms with Crippen LogP contribution in [-0.4, -0.2) is 43.1 Å². The SMILES string of the molecule is COc1cc(NS(=O)(=O)N2Cc3[nH]c4ccc(Cl)cc4c3C(CO)C2)ccc1Cl. The van der Waals surface area contributed by atoms with Crippen molar-refractivity contribution in [3.63, 3.8) is 0 Å².